The Kier molecular flexibility index (Phi) is 7.51. The van der Waals surface area contributed by atoms with Gasteiger partial charge in [0.25, 0.3) is 0 Å². The van der Waals surface area contributed by atoms with Gasteiger partial charge in [-0.3, -0.25) is 9.69 Å². The predicted octanol–water partition coefficient (Wildman–Crippen LogP) is 2.84. The highest BCUT2D eigenvalue weighted by Gasteiger charge is 2.30. The quantitative estimate of drug-likeness (QED) is 0.873. The first kappa shape index (κ1) is 21.2. The van der Waals surface area contributed by atoms with Crippen molar-refractivity contribution in [2.75, 3.05) is 39.3 Å². The normalized spacial score (nSPS) is 21.5. The summed E-state index contributed by atoms with van der Waals surface area (Å²) in [6, 6.07) is 9.34. The molecule has 0 aliphatic carbocycles. The molecule has 1 unspecified atom stereocenters. The van der Waals surface area contributed by atoms with E-state index < -0.39 is 0 Å². The zero-order valence-corrected chi connectivity index (χ0v) is 17.3. The molecule has 2 fully saturated rings. The van der Waals surface area contributed by atoms with E-state index in [1.165, 1.54) is 11.1 Å². The van der Waals surface area contributed by atoms with Gasteiger partial charge in [0.05, 0.1) is 0 Å². The summed E-state index contributed by atoms with van der Waals surface area (Å²) in [6.45, 7) is 12.9. The molecule has 5 heteroatoms. The molecule has 2 saturated heterocycles. The van der Waals surface area contributed by atoms with E-state index in [4.69, 9.17) is 0 Å². The number of nitrogens with zero attached hydrogens (tertiary/aromatic N) is 2. The Morgan fingerprint density at radius 3 is 2.38 bits per heavy atom. The molecule has 2 aliphatic rings. The van der Waals surface area contributed by atoms with Crippen LogP contribution in [0.4, 0.5) is 0 Å². The van der Waals surface area contributed by atoms with Crippen LogP contribution in [0.15, 0.2) is 24.3 Å². The Balaban J connectivity index is 0.00000243. The van der Waals surface area contributed by atoms with E-state index in [1.54, 1.807) is 0 Å². The standard InChI is InChI=1S/C21H33N3O.ClH/c1-21(2,3)18-7-4-17(5-8-18)6-9-20(25)24-13-10-19(16-24)23-14-11-22-12-15-23;/h4-5,7-8,19,22H,6,9-16H2,1-3H3;1H. The third kappa shape index (κ3) is 5.45. The average Bonchev–Trinajstić information content (AvgIpc) is 3.10. The number of rotatable bonds is 4. The molecule has 0 spiro atoms. The van der Waals surface area contributed by atoms with Crippen molar-refractivity contribution in [2.45, 2.75) is 51.5 Å². The van der Waals surface area contributed by atoms with E-state index in [0.717, 1.165) is 52.1 Å². The molecule has 1 amide bonds. The van der Waals surface area contributed by atoms with Crippen molar-refractivity contribution in [3.8, 4) is 0 Å². The van der Waals surface area contributed by atoms with Gasteiger partial charge in [0.2, 0.25) is 5.91 Å². The predicted molar refractivity (Wildman–Crippen MR) is 110 cm³/mol. The maximum Gasteiger partial charge on any atom is 0.222 e. The number of benzene rings is 1. The van der Waals surface area contributed by atoms with Crippen molar-refractivity contribution in [3.05, 3.63) is 35.4 Å². The smallest absolute Gasteiger partial charge is 0.222 e. The van der Waals surface area contributed by atoms with Crippen LogP contribution < -0.4 is 5.32 Å². The summed E-state index contributed by atoms with van der Waals surface area (Å²) in [5.41, 5.74) is 2.79. The van der Waals surface area contributed by atoms with Crippen molar-refractivity contribution in [2.24, 2.45) is 0 Å². The van der Waals surface area contributed by atoms with Crippen LogP contribution in [-0.2, 0) is 16.6 Å². The van der Waals surface area contributed by atoms with Crippen molar-refractivity contribution in [1.82, 2.24) is 15.1 Å². The number of nitrogens with one attached hydrogen (secondary N) is 1. The second-order valence-corrected chi connectivity index (χ2v) is 8.52. The first-order valence-electron chi connectivity index (χ1n) is 9.75. The minimum absolute atomic E-state index is 0. The summed E-state index contributed by atoms with van der Waals surface area (Å²) < 4.78 is 0. The number of hydrogen-bond donors (Lipinski definition) is 1. The number of amides is 1. The summed E-state index contributed by atoms with van der Waals surface area (Å²) in [4.78, 5) is 17.2. The van der Waals surface area contributed by atoms with Crippen LogP contribution >= 0.6 is 12.4 Å². The highest BCUT2D eigenvalue weighted by atomic mass is 35.5. The number of piperazine rings is 1. The lowest BCUT2D eigenvalue weighted by Crippen LogP contribution is -2.49. The van der Waals surface area contributed by atoms with E-state index in [9.17, 15) is 4.79 Å². The van der Waals surface area contributed by atoms with Gasteiger partial charge in [-0.05, 0) is 29.4 Å². The van der Waals surface area contributed by atoms with Crippen LogP contribution in [0.1, 0.15) is 44.7 Å². The summed E-state index contributed by atoms with van der Waals surface area (Å²) in [7, 11) is 0. The van der Waals surface area contributed by atoms with Crippen molar-refractivity contribution >= 4 is 18.3 Å². The Bertz CT molecular complexity index is 576. The Labute approximate surface area is 164 Å². The van der Waals surface area contributed by atoms with E-state index in [2.05, 4.69) is 60.2 Å². The Hall–Kier alpha value is -1.10. The molecule has 1 aromatic rings. The van der Waals surface area contributed by atoms with Crippen molar-refractivity contribution in [3.63, 3.8) is 0 Å². The first-order valence-corrected chi connectivity index (χ1v) is 9.75. The lowest BCUT2D eigenvalue weighted by atomic mass is 9.86. The van der Waals surface area contributed by atoms with Crippen LogP contribution in [0.2, 0.25) is 0 Å². The molecule has 2 aliphatic heterocycles. The van der Waals surface area contributed by atoms with Crippen molar-refractivity contribution < 1.29 is 4.79 Å². The minimum Gasteiger partial charge on any atom is -0.341 e. The highest BCUT2D eigenvalue weighted by molar-refractivity contribution is 5.85. The van der Waals surface area contributed by atoms with E-state index in [-0.39, 0.29) is 17.8 Å². The van der Waals surface area contributed by atoms with Crippen molar-refractivity contribution in [1.29, 1.82) is 0 Å². The lowest BCUT2D eigenvalue weighted by molar-refractivity contribution is -0.130. The lowest BCUT2D eigenvalue weighted by Gasteiger charge is -2.32. The maximum absolute atomic E-state index is 12.6. The van der Waals surface area contributed by atoms with Gasteiger partial charge in [-0.15, -0.1) is 12.4 Å². The molecule has 0 aromatic heterocycles. The van der Waals surface area contributed by atoms with Gasteiger partial charge in [-0.2, -0.15) is 0 Å². The van der Waals surface area contributed by atoms with Crippen LogP contribution in [-0.4, -0.2) is 61.0 Å². The van der Waals surface area contributed by atoms with Crippen LogP contribution in [0.5, 0.6) is 0 Å². The average molecular weight is 380 g/mol. The number of hydrogen-bond acceptors (Lipinski definition) is 3. The second kappa shape index (κ2) is 9.20. The number of carbonyl (C=O) groups excluding carboxylic acids is 1. The minimum atomic E-state index is 0. The van der Waals surface area contributed by atoms with Crippen LogP contribution in [0, 0.1) is 0 Å². The second-order valence-electron chi connectivity index (χ2n) is 8.52. The number of halogens is 1. The molecule has 0 radical (unpaired) electrons. The molecule has 4 nitrogen and oxygen atoms in total. The zero-order chi connectivity index (χ0) is 17.9. The molecule has 0 saturated carbocycles. The van der Waals surface area contributed by atoms with Gasteiger partial charge in [0, 0.05) is 51.7 Å². The van der Waals surface area contributed by atoms with Gasteiger partial charge in [-0.1, -0.05) is 45.0 Å². The zero-order valence-electron chi connectivity index (χ0n) is 16.5. The topological polar surface area (TPSA) is 35.6 Å². The monoisotopic (exact) mass is 379 g/mol. The van der Waals surface area contributed by atoms with Gasteiger partial charge in [0.1, 0.15) is 0 Å². The Morgan fingerprint density at radius 2 is 1.77 bits per heavy atom. The fourth-order valence-electron chi connectivity index (χ4n) is 3.89. The summed E-state index contributed by atoms with van der Waals surface area (Å²) in [5.74, 6) is 0.317. The first-order chi connectivity index (χ1) is 11.9. The molecule has 26 heavy (non-hydrogen) atoms. The van der Waals surface area contributed by atoms with E-state index in [1.807, 2.05) is 0 Å². The third-order valence-electron chi connectivity index (χ3n) is 5.63. The molecular formula is C21H34ClN3O. The molecule has 1 N–H and O–H groups in total. The highest BCUT2D eigenvalue weighted by Crippen LogP contribution is 2.23. The number of likely N-dealkylation sites (tertiary alicyclic amines) is 1. The van der Waals surface area contributed by atoms with Gasteiger partial charge < -0.3 is 10.2 Å². The van der Waals surface area contributed by atoms with Gasteiger partial charge in [-0.25, -0.2) is 0 Å². The Morgan fingerprint density at radius 1 is 1.12 bits per heavy atom. The molecule has 2 heterocycles. The number of carbonyl (C=O) groups is 1. The summed E-state index contributed by atoms with van der Waals surface area (Å²) >= 11 is 0. The molecule has 3 rings (SSSR count). The van der Waals surface area contributed by atoms with Gasteiger partial charge >= 0.3 is 0 Å². The molecular weight excluding hydrogens is 346 g/mol. The van der Waals surface area contributed by atoms with E-state index in [0.29, 0.717) is 18.4 Å². The summed E-state index contributed by atoms with van der Waals surface area (Å²) in [6.07, 6.45) is 2.60. The van der Waals surface area contributed by atoms with E-state index >= 15 is 0 Å². The molecule has 146 valence electrons. The molecule has 0 bridgehead atoms. The number of aryl methyl sites for hydroxylation is 1. The largest absolute Gasteiger partial charge is 0.341 e. The fraction of sp³-hybridized carbons (Fsp3) is 0.667. The molecule has 1 aromatic carbocycles. The maximum atomic E-state index is 12.6. The molecule has 1 atom stereocenters. The van der Waals surface area contributed by atoms with Gasteiger partial charge in [0.15, 0.2) is 0 Å². The fourth-order valence-corrected chi connectivity index (χ4v) is 3.89. The van der Waals surface area contributed by atoms with Crippen LogP contribution in [0.3, 0.4) is 0 Å². The third-order valence-corrected chi connectivity index (χ3v) is 5.63. The SMILES string of the molecule is CC(C)(C)c1ccc(CCC(=O)N2CCC(N3CCNCC3)C2)cc1.Cl. The van der Waals surface area contributed by atoms with Crippen LogP contribution in [0.25, 0.3) is 0 Å². The summed E-state index contributed by atoms with van der Waals surface area (Å²) in [5, 5.41) is 3.40.